The molecule has 29 heavy (non-hydrogen) atoms. The van der Waals surface area contributed by atoms with E-state index in [1.54, 1.807) is 28.1 Å². The maximum absolute atomic E-state index is 12.8. The van der Waals surface area contributed by atoms with Gasteiger partial charge in [0, 0.05) is 24.3 Å². The summed E-state index contributed by atoms with van der Waals surface area (Å²) in [5.41, 5.74) is 4.15. The van der Waals surface area contributed by atoms with Gasteiger partial charge < -0.3 is 5.32 Å². The average molecular weight is 386 g/mol. The van der Waals surface area contributed by atoms with Gasteiger partial charge in [0.25, 0.3) is 5.91 Å². The van der Waals surface area contributed by atoms with E-state index < -0.39 is 0 Å². The molecule has 3 aromatic rings. The lowest BCUT2D eigenvalue weighted by Gasteiger charge is -2.18. The first-order valence-corrected chi connectivity index (χ1v) is 9.51. The summed E-state index contributed by atoms with van der Waals surface area (Å²) in [5, 5.41) is 2.86. The van der Waals surface area contributed by atoms with Crippen molar-refractivity contribution >= 4 is 29.1 Å². The van der Waals surface area contributed by atoms with E-state index in [9.17, 15) is 9.59 Å². The normalized spacial score (nSPS) is 13.7. The Morgan fingerprint density at radius 2 is 1.62 bits per heavy atom. The van der Waals surface area contributed by atoms with Crippen LogP contribution >= 0.6 is 0 Å². The van der Waals surface area contributed by atoms with E-state index in [1.165, 1.54) is 0 Å². The highest BCUT2D eigenvalue weighted by Gasteiger charge is 2.31. The number of amides is 3. The summed E-state index contributed by atoms with van der Waals surface area (Å²) in [6.45, 7) is 5.10. The Morgan fingerprint density at radius 1 is 0.931 bits per heavy atom. The van der Waals surface area contributed by atoms with E-state index in [-0.39, 0.29) is 11.9 Å². The molecule has 1 N–H and O–H groups in total. The number of rotatable bonds is 4. The standard InChI is InChI=1S/C23H22N4O2/c1-16-12-17(2)14-18(13-16)22(28)25-19-8-9-21(24-15-19)27-11-10-26(23(27)29)20-6-4-3-5-7-20/h3-9,12-15H,10-11H2,1-2H3,(H,25,28). The highest BCUT2D eigenvalue weighted by Crippen LogP contribution is 2.24. The summed E-state index contributed by atoms with van der Waals surface area (Å²) in [7, 11) is 0. The zero-order valence-corrected chi connectivity index (χ0v) is 16.4. The molecule has 0 aliphatic carbocycles. The van der Waals surface area contributed by atoms with Crippen molar-refractivity contribution in [2.45, 2.75) is 13.8 Å². The van der Waals surface area contributed by atoms with E-state index >= 15 is 0 Å². The maximum atomic E-state index is 12.8. The molecule has 1 fully saturated rings. The smallest absolute Gasteiger partial charge is 0.321 e. The van der Waals surface area contributed by atoms with Crippen LogP contribution in [-0.2, 0) is 0 Å². The van der Waals surface area contributed by atoms with Crippen molar-refractivity contribution in [2.24, 2.45) is 0 Å². The van der Waals surface area contributed by atoms with Crippen molar-refractivity contribution < 1.29 is 9.59 Å². The Labute approximate surface area is 169 Å². The quantitative estimate of drug-likeness (QED) is 0.723. The number of urea groups is 1. The van der Waals surface area contributed by atoms with Gasteiger partial charge in [-0.05, 0) is 50.2 Å². The zero-order valence-electron chi connectivity index (χ0n) is 16.4. The van der Waals surface area contributed by atoms with Gasteiger partial charge in [0.05, 0.1) is 11.9 Å². The molecule has 0 saturated carbocycles. The summed E-state index contributed by atoms with van der Waals surface area (Å²) in [5.74, 6) is 0.386. The number of aromatic nitrogens is 1. The van der Waals surface area contributed by atoms with Crippen LogP contribution in [-0.4, -0.2) is 30.0 Å². The van der Waals surface area contributed by atoms with Crippen LogP contribution in [0.5, 0.6) is 0 Å². The predicted octanol–water partition coefficient (Wildman–Crippen LogP) is 4.40. The van der Waals surface area contributed by atoms with Gasteiger partial charge in [0.1, 0.15) is 5.82 Å². The van der Waals surface area contributed by atoms with Crippen molar-refractivity contribution in [2.75, 3.05) is 28.2 Å². The second-order valence-corrected chi connectivity index (χ2v) is 7.16. The van der Waals surface area contributed by atoms with Gasteiger partial charge in [-0.15, -0.1) is 0 Å². The molecule has 2 aromatic carbocycles. The summed E-state index contributed by atoms with van der Waals surface area (Å²) in [6.07, 6.45) is 1.58. The molecule has 146 valence electrons. The highest BCUT2D eigenvalue weighted by atomic mass is 16.2. The monoisotopic (exact) mass is 386 g/mol. The van der Waals surface area contributed by atoms with Gasteiger partial charge in [-0.25, -0.2) is 9.78 Å². The number of para-hydroxylation sites is 1. The van der Waals surface area contributed by atoms with Crippen LogP contribution in [0.4, 0.5) is 22.0 Å². The van der Waals surface area contributed by atoms with Gasteiger partial charge in [-0.1, -0.05) is 35.4 Å². The third-order valence-corrected chi connectivity index (χ3v) is 4.84. The fourth-order valence-corrected chi connectivity index (χ4v) is 3.53. The van der Waals surface area contributed by atoms with E-state index in [0.29, 0.717) is 30.2 Å². The molecule has 1 aliphatic heterocycles. The number of carbonyl (C=O) groups excluding carboxylic acids is 2. The maximum Gasteiger partial charge on any atom is 0.330 e. The number of pyridine rings is 1. The zero-order chi connectivity index (χ0) is 20.4. The fraction of sp³-hybridized carbons (Fsp3) is 0.174. The molecular weight excluding hydrogens is 364 g/mol. The van der Waals surface area contributed by atoms with Crippen LogP contribution in [0, 0.1) is 13.8 Å². The molecule has 1 aliphatic rings. The first-order chi connectivity index (χ1) is 14.0. The summed E-state index contributed by atoms with van der Waals surface area (Å²) in [6, 6.07) is 18.7. The lowest BCUT2D eigenvalue weighted by Crippen LogP contribution is -2.32. The summed E-state index contributed by atoms with van der Waals surface area (Å²) < 4.78 is 0. The molecule has 6 heteroatoms. The number of anilines is 3. The summed E-state index contributed by atoms with van der Waals surface area (Å²) >= 11 is 0. The topological polar surface area (TPSA) is 65.5 Å². The fourth-order valence-electron chi connectivity index (χ4n) is 3.53. The molecule has 0 radical (unpaired) electrons. The molecule has 1 saturated heterocycles. The van der Waals surface area contributed by atoms with Crippen LogP contribution in [0.3, 0.4) is 0 Å². The number of aryl methyl sites for hydroxylation is 2. The SMILES string of the molecule is Cc1cc(C)cc(C(=O)Nc2ccc(N3CCN(c4ccccc4)C3=O)nc2)c1. The molecule has 3 amide bonds. The molecule has 0 spiro atoms. The van der Waals surface area contributed by atoms with Crippen LogP contribution in [0.2, 0.25) is 0 Å². The Kier molecular flexibility index (Phi) is 4.99. The Bertz CT molecular complexity index is 1030. The average Bonchev–Trinajstić information content (AvgIpc) is 3.10. The number of nitrogens with one attached hydrogen (secondary N) is 1. The molecule has 6 nitrogen and oxygen atoms in total. The minimum atomic E-state index is -0.182. The van der Waals surface area contributed by atoms with Crippen molar-refractivity contribution in [1.82, 2.24) is 4.98 Å². The first-order valence-electron chi connectivity index (χ1n) is 9.51. The summed E-state index contributed by atoms with van der Waals surface area (Å²) in [4.78, 5) is 33.0. The number of hydrogen-bond donors (Lipinski definition) is 1. The second kappa shape index (κ2) is 7.75. The molecule has 4 rings (SSSR count). The molecule has 0 atom stereocenters. The Morgan fingerprint density at radius 3 is 2.28 bits per heavy atom. The van der Waals surface area contributed by atoms with E-state index in [0.717, 1.165) is 16.8 Å². The highest BCUT2D eigenvalue weighted by molar-refractivity contribution is 6.06. The lowest BCUT2D eigenvalue weighted by molar-refractivity contribution is 0.102. The van der Waals surface area contributed by atoms with Crippen LogP contribution < -0.4 is 15.1 Å². The predicted molar refractivity (Wildman–Crippen MR) is 115 cm³/mol. The van der Waals surface area contributed by atoms with Gasteiger partial charge in [0.15, 0.2) is 0 Å². The lowest BCUT2D eigenvalue weighted by atomic mass is 10.1. The number of benzene rings is 2. The Hall–Kier alpha value is -3.67. The van der Waals surface area contributed by atoms with Crippen molar-refractivity contribution in [3.63, 3.8) is 0 Å². The molecule has 0 unspecified atom stereocenters. The van der Waals surface area contributed by atoms with E-state index in [4.69, 9.17) is 0 Å². The number of hydrogen-bond acceptors (Lipinski definition) is 3. The van der Waals surface area contributed by atoms with Gasteiger partial charge >= 0.3 is 6.03 Å². The van der Waals surface area contributed by atoms with Gasteiger partial charge in [-0.2, -0.15) is 0 Å². The largest absolute Gasteiger partial charge is 0.330 e. The number of nitrogens with zero attached hydrogens (tertiary/aromatic N) is 3. The van der Waals surface area contributed by atoms with Crippen LogP contribution in [0.15, 0.2) is 66.9 Å². The third-order valence-electron chi connectivity index (χ3n) is 4.84. The molecule has 1 aromatic heterocycles. The van der Waals surface area contributed by atoms with Crippen molar-refractivity contribution in [3.8, 4) is 0 Å². The first kappa shape index (κ1) is 18.7. The van der Waals surface area contributed by atoms with Crippen LogP contribution in [0.25, 0.3) is 0 Å². The van der Waals surface area contributed by atoms with Crippen LogP contribution in [0.1, 0.15) is 21.5 Å². The van der Waals surface area contributed by atoms with Crippen molar-refractivity contribution in [1.29, 1.82) is 0 Å². The van der Waals surface area contributed by atoms with E-state index in [1.807, 2.05) is 62.4 Å². The van der Waals surface area contributed by atoms with E-state index in [2.05, 4.69) is 10.3 Å². The number of carbonyl (C=O) groups is 2. The van der Waals surface area contributed by atoms with Gasteiger partial charge in [-0.3, -0.25) is 14.6 Å². The Balaban J connectivity index is 1.45. The second-order valence-electron chi connectivity index (χ2n) is 7.16. The van der Waals surface area contributed by atoms with Gasteiger partial charge in [0.2, 0.25) is 0 Å². The molecule has 2 heterocycles. The molecular formula is C23H22N4O2. The van der Waals surface area contributed by atoms with Crippen molar-refractivity contribution in [3.05, 3.63) is 83.6 Å². The molecule has 0 bridgehead atoms. The third kappa shape index (κ3) is 3.96. The minimum Gasteiger partial charge on any atom is -0.321 e. The minimum absolute atomic E-state index is 0.101.